The van der Waals surface area contributed by atoms with Gasteiger partial charge in [0.15, 0.2) is 0 Å². The van der Waals surface area contributed by atoms with Gasteiger partial charge in [0.1, 0.15) is 0 Å². The van der Waals surface area contributed by atoms with Gasteiger partial charge in [-0.05, 0) is 68.8 Å². The van der Waals surface area contributed by atoms with Gasteiger partial charge in [0.05, 0.1) is 0 Å². The van der Waals surface area contributed by atoms with E-state index in [2.05, 4.69) is 180 Å². The Morgan fingerprint density at radius 2 is 0.600 bits per heavy atom. The molecule has 5 heteroatoms. The summed E-state index contributed by atoms with van der Waals surface area (Å²) in [6, 6.07) is 64.6. The second-order valence-corrected chi connectivity index (χ2v) is 15.8. The highest BCUT2D eigenvalue weighted by atomic mass is 32.1. The van der Waals surface area contributed by atoms with E-state index in [0.717, 1.165) is 22.3 Å². The third-order valence-electron chi connectivity index (χ3n) is 10.5. The van der Waals surface area contributed by atoms with Crippen molar-refractivity contribution in [2.24, 2.45) is 0 Å². The van der Waals surface area contributed by atoms with Gasteiger partial charge in [-0.2, -0.15) is 0 Å². The van der Waals surface area contributed by atoms with E-state index in [1.54, 1.807) is 0 Å². The van der Waals surface area contributed by atoms with E-state index in [9.17, 15) is 0 Å². The van der Waals surface area contributed by atoms with Crippen LogP contribution in [-0.2, 0) is 0 Å². The number of benzene rings is 8. The summed E-state index contributed by atoms with van der Waals surface area (Å²) in [5, 5.41) is 14.2. The molecule has 3 nitrogen and oxygen atoms in total. The Labute approximate surface area is 325 Å². The lowest BCUT2D eigenvalue weighted by Gasteiger charge is -2.06. The van der Waals surface area contributed by atoms with E-state index in [1.807, 2.05) is 34.8 Å². The Morgan fingerprint density at radius 3 is 0.982 bits per heavy atom. The molecule has 0 saturated carbocycles. The Hall–Kier alpha value is -6.66. The fourth-order valence-corrected chi connectivity index (χ4v) is 10.6. The molecule has 0 unspecified atom stereocenters. The first-order valence-corrected chi connectivity index (χ1v) is 19.9. The van der Waals surface area contributed by atoms with E-state index in [1.165, 1.54) is 73.7 Å². The van der Waals surface area contributed by atoms with Crippen molar-refractivity contribution < 1.29 is 4.42 Å². The summed E-state index contributed by atoms with van der Waals surface area (Å²) in [5.74, 6) is 0.995. The van der Waals surface area contributed by atoms with Crippen LogP contribution < -0.4 is 0 Å². The number of rotatable bonds is 6. The highest BCUT2D eigenvalue weighted by molar-refractivity contribution is 7.27. The number of nitrogens with zero attached hydrogens (tertiary/aromatic N) is 2. The zero-order valence-corrected chi connectivity index (χ0v) is 31.1. The SMILES string of the molecule is c1ccc(-c2cccc3c2sc2c(-c4cccc(-c5nnc(-c6cccc(-c7cccc8c7sc7c(-c9ccccc9)cccc78)c6)o5)c4)cccc23)cc1. The van der Waals surface area contributed by atoms with Gasteiger partial charge in [0.2, 0.25) is 11.8 Å². The topological polar surface area (TPSA) is 38.9 Å². The molecule has 0 aliphatic carbocycles. The van der Waals surface area contributed by atoms with E-state index >= 15 is 0 Å². The van der Waals surface area contributed by atoms with Crippen molar-refractivity contribution in [1.29, 1.82) is 0 Å². The highest BCUT2D eigenvalue weighted by Gasteiger charge is 2.18. The summed E-state index contributed by atoms with van der Waals surface area (Å²) < 4.78 is 11.6. The first-order valence-electron chi connectivity index (χ1n) is 18.3. The molecule has 55 heavy (non-hydrogen) atoms. The van der Waals surface area contributed by atoms with E-state index in [4.69, 9.17) is 4.42 Å². The fraction of sp³-hybridized carbons (Fsp3) is 0. The van der Waals surface area contributed by atoms with E-state index in [0.29, 0.717) is 11.8 Å². The lowest BCUT2D eigenvalue weighted by molar-refractivity contribution is 0.584. The molecular weight excluding hydrogens is 709 g/mol. The minimum atomic E-state index is 0.497. The van der Waals surface area contributed by atoms with Gasteiger partial charge in [0.25, 0.3) is 0 Å². The van der Waals surface area contributed by atoms with Crippen LogP contribution in [0, 0.1) is 0 Å². The molecule has 0 atom stereocenters. The van der Waals surface area contributed by atoms with Crippen LogP contribution in [-0.4, -0.2) is 10.2 Å². The second-order valence-electron chi connectivity index (χ2n) is 13.7. The Kier molecular flexibility index (Phi) is 7.54. The number of aromatic nitrogens is 2. The molecule has 0 N–H and O–H groups in total. The van der Waals surface area contributed by atoms with Gasteiger partial charge in [0, 0.05) is 51.5 Å². The van der Waals surface area contributed by atoms with Crippen LogP contribution in [0.3, 0.4) is 0 Å². The van der Waals surface area contributed by atoms with Crippen molar-refractivity contribution in [1.82, 2.24) is 10.2 Å². The van der Waals surface area contributed by atoms with Crippen LogP contribution in [0.25, 0.3) is 108 Å². The molecule has 11 aromatic rings. The molecule has 0 saturated heterocycles. The summed E-state index contributed by atoms with van der Waals surface area (Å²) in [6.45, 7) is 0. The van der Waals surface area contributed by atoms with Crippen LogP contribution in [0.15, 0.2) is 186 Å². The van der Waals surface area contributed by atoms with Crippen LogP contribution in [0.4, 0.5) is 0 Å². The molecule has 3 heterocycles. The molecule has 0 bridgehead atoms. The molecule has 0 aliphatic rings. The zero-order chi connectivity index (χ0) is 36.3. The maximum Gasteiger partial charge on any atom is 0.248 e. The average Bonchev–Trinajstić information content (AvgIpc) is 4.01. The third-order valence-corrected chi connectivity index (χ3v) is 13.1. The smallest absolute Gasteiger partial charge is 0.248 e. The number of fused-ring (bicyclic) bond motifs is 6. The van der Waals surface area contributed by atoms with Crippen molar-refractivity contribution in [3.63, 3.8) is 0 Å². The van der Waals surface area contributed by atoms with Crippen molar-refractivity contribution in [2.75, 3.05) is 0 Å². The number of hydrogen-bond acceptors (Lipinski definition) is 5. The predicted octanol–water partition coefficient (Wildman–Crippen LogP) is 14.8. The lowest BCUT2D eigenvalue weighted by atomic mass is 9.99. The quantitative estimate of drug-likeness (QED) is 0.170. The second kappa shape index (κ2) is 13.0. The largest absolute Gasteiger partial charge is 0.416 e. The molecule has 3 aromatic heterocycles. The van der Waals surface area contributed by atoms with Crippen molar-refractivity contribution in [3.05, 3.63) is 182 Å². The minimum Gasteiger partial charge on any atom is -0.416 e. The van der Waals surface area contributed by atoms with E-state index < -0.39 is 0 Å². The van der Waals surface area contributed by atoms with Crippen molar-refractivity contribution in [2.45, 2.75) is 0 Å². The monoisotopic (exact) mass is 738 g/mol. The summed E-state index contributed by atoms with van der Waals surface area (Å²) in [7, 11) is 0. The maximum absolute atomic E-state index is 6.42. The fourth-order valence-electron chi connectivity index (χ4n) is 7.88. The van der Waals surface area contributed by atoms with Crippen molar-refractivity contribution >= 4 is 63.0 Å². The molecule has 0 fully saturated rings. The Morgan fingerprint density at radius 1 is 0.291 bits per heavy atom. The Bertz CT molecular complexity index is 3000. The molecule has 11 rings (SSSR count). The zero-order valence-electron chi connectivity index (χ0n) is 29.4. The molecule has 0 radical (unpaired) electrons. The van der Waals surface area contributed by atoms with Gasteiger partial charge >= 0.3 is 0 Å². The summed E-state index contributed by atoms with van der Waals surface area (Å²) in [4.78, 5) is 0. The van der Waals surface area contributed by atoms with Gasteiger partial charge in [-0.15, -0.1) is 32.9 Å². The first kappa shape index (κ1) is 31.8. The number of hydrogen-bond donors (Lipinski definition) is 0. The van der Waals surface area contributed by atoms with Gasteiger partial charge < -0.3 is 4.42 Å². The van der Waals surface area contributed by atoms with Crippen LogP contribution in [0.5, 0.6) is 0 Å². The average molecular weight is 739 g/mol. The third kappa shape index (κ3) is 5.39. The standard InChI is InChI=1S/C50H30N2OS2/c1-3-13-31(14-4-1)37-21-9-25-41-43-27-11-23-39(47(43)54-45(37)41)33-17-7-19-35(29-33)49-51-52-50(53-49)36-20-8-18-34(30-36)40-24-12-28-44-42-26-10-22-38(46(42)55-48(40)44)32-15-5-2-6-16-32/h1-30H. The molecule has 258 valence electrons. The summed E-state index contributed by atoms with van der Waals surface area (Å²) >= 11 is 3.72. The van der Waals surface area contributed by atoms with Crippen LogP contribution >= 0.6 is 22.7 Å². The highest BCUT2D eigenvalue weighted by Crippen LogP contribution is 2.46. The summed E-state index contributed by atoms with van der Waals surface area (Å²) in [5.41, 5.74) is 11.4. The molecule has 8 aromatic carbocycles. The minimum absolute atomic E-state index is 0.497. The predicted molar refractivity (Wildman–Crippen MR) is 233 cm³/mol. The Balaban J connectivity index is 0.948. The van der Waals surface area contributed by atoms with E-state index in [-0.39, 0.29) is 0 Å². The number of thiophene rings is 2. The normalized spacial score (nSPS) is 11.6. The maximum atomic E-state index is 6.42. The molecular formula is C50H30N2OS2. The van der Waals surface area contributed by atoms with Gasteiger partial charge in [-0.1, -0.05) is 158 Å². The molecule has 0 spiro atoms. The lowest BCUT2D eigenvalue weighted by Crippen LogP contribution is -1.82. The summed E-state index contributed by atoms with van der Waals surface area (Å²) in [6.07, 6.45) is 0. The first-order chi connectivity index (χ1) is 27.3. The van der Waals surface area contributed by atoms with Gasteiger partial charge in [-0.25, -0.2) is 0 Å². The molecule has 0 aliphatic heterocycles. The van der Waals surface area contributed by atoms with Crippen LogP contribution in [0.1, 0.15) is 0 Å². The van der Waals surface area contributed by atoms with Crippen molar-refractivity contribution in [3.8, 4) is 67.4 Å². The van der Waals surface area contributed by atoms with Gasteiger partial charge in [-0.3, -0.25) is 0 Å². The van der Waals surface area contributed by atoms with Crippen LogP contribution in [0.2, 0.25) is 0 Å². The molecule has 0 amide bonds.